The molecule has 0 saturated carbocycles. The lowest BCUT2D eigenvalue weighted by Gasteiger charge is -2.14. The zero-order valence-corrected chi connectivity index (χ0v) is 10.5. The summed E-state index contributed by atoms with van der Waals surface area (Å²) in [5, 5.41) is 0. The number of fused-ring (bicyclic) bond motifs is 1. The molecule has 3 aromatic rings. The molecule has 3 rings (SSSR count). The molecule has 0 amide bonds. The molecule has 2 N–H and O–H groups in total. The molecular formula is C13H9F3N4O. The Morgan fingerprint density at radius 2 is 1.86 bits per heavy atom. The number of hydrogen-bond donors (Lipinski definition) is 1. The highest BCUT2D eigenvalue weighted by Gasteiger charge is 2.32. The van der Waals surface area contributed by atoms with Crippen LogP contribution in [-0.4, -0.2) is 20.9 Å². The molecule has 0 radical (unpaired) electrons. The summed E-state index contributed by atoms with van der Waals surface area (Å²) < 4.78 is 42.8. The van der Waals surface area contributed by atoms with Gasteiger partial charge in [0.15, 0.2) is 11.4 Å². The summed E-state index contributed by atoms with van der Waals surface area (Å²) in [6, 6.07) is 9.00. The first kappa shape index (κ1) is 13.2. The molecule has 0 unspecified atom stereocenters. The van der Waals surface area contributed by atoms with E-state index in [9.17, 15) is 13.2 Å². The van der Waals surface area contributed by atoms with Crippen molar-refractivity contribution in [2.75, 3.05) is 5.73 Å². The minimum Gasteiger partial charge on any atom is -0.404 e. The Kier molecular flexibility index (Phi) is 2.93. The predicted molar refractivity (Wildman–Crippen MR) is 70.0 cm³/mol. The molecule has 5 nitrogen and oxygen atoms in total. The number of ether oxygens (including phenoxy) is 1. The normalized spacial score (nSPS) is 11.8. The van der Waals surface area contributed by atoms with E-state index in [1.165, 1.54) is 29.0 Å². The lowest BCUT2D eigenvalue weighted by molar-refractivity contribution is -0.274. The quantitative estimate of drug-likeness (QED) is 0.789. The van der Waals surface area contributed by atoms with E-state index in [-0.39, 0.29) is 17.4 Å². The first-order chi connectivity index (χ1) is 9.96. The van der Waals surface area contributed by atoms with Crippen molar-refractivity contribution in [3.05, 3.63) is 42.6 Å². The van der Waals surface area contributed by atoms with Crippen LogP contribution in [0.3, 0.4) is 0 Å². The van der Waals surface area contributed by atoms with Gasteiger partial charge in [0.1, 0.15) is 5.52 Å². The molecule has 0 aliphatic rings. The molecule has 2 heterocycles. The number of aromatic nitrogens is 3. The molecule has 21 heavy (non-hydrogen) atoms. The second-order valence-corrected chi connectivity index (χ2v) is 4.17. The van der Waals surface area contributed by atoms with Gasteiger partial charge in [0.05, 0.1) is 5.69 Å². The monoisotopic (exact) mass is 294 g/mol. The Morgan fingerprint density at radius 3 is 2.62 bits per heavy atom. The minimum atomic E-state index is -4.80. The van der Waals surface area contributed by atoms with Gasteiger partial charge < -0.3 is 10.5 Å². The lowest BCUT2D eigenvalue weighted by Crippen LogP contribution is -2.18. The van der Waals surface area contributed by atoms with Crippen LogP contribution in [0, 0.1) is 0 Å². The van der Waals surface area contributed by atoms with Gasteiger partial charge in [0.2, 0.25) is 5.95 Å². The molecule has 0 spiro atoms. The van der Waals surface area contributed by atoms with E-state index >= 15 is 0 Å². The Morgan fingerprint density at radius 1 is 1.10 bits per heavy atom. The number of nitrogens with two attached hydrogens (primary N) is 1. The number of anilines is 1. The molecule has 2 aromatic heterocycles. The zero-order chi connectivity index (χ0) is 15.0. The molecule has 0 aliphatic carbocycles. The van der Waals surface area contributed by atoms with Crippen LogP contribution >= 0.6 is 0 Å². The van der Waals surface area contributed by atoms with Crippen LogP contribution in [0.1, 0.15) is 0 Å². The Bertz CT molecular complexity index is 797. The molecule has 108 valence electrons. The van der Waals surface area contributed by atoms with Crippen LogP contribution in [0.15, 0.2) is 42.6 Å². The number of halogens is 3. The molecule has 0 aliphatic heterocycles. The lowest BCUT2D eigenvalue weighted by atomic mass is 10.3. The van der Waals surface area contributed by atoms with Gasteiger partial charge in [-0.25, -0.2) is 9.97 Å². The van der Waals surface area contributed by atoms with Gasteiger partial charge in [-0.15, -0.1) is 13.2 Å². The summed E-state index contributed by atoms with van der Waals surface area (Å²) in [6.45, 7) is 0. The standard InChI is InChI=1S/C13H9F3N4O/c14-13(15,16)21-10-6-2-1-5-9(10)20-11-8(19-12(20)17)4-3-7-18-11/h1-7H,(H2,17,19). The highest BCUT2D eigenvalue weighted by atomic mass is 19.4. The summed E-state index contributed by atoms with van der Waals surface area (Å²) >= 11 is 0. The number of rotatable bonds is 2. The van der Waals surface area contributed by atoms with Crippen LogP contribution in [0.25, 0.3) is 16.9 Å². The Balaban J connectivity index is 2.22. The van der Waals surface area contributed by atoms with Gasteiger partial charge >= 0.3 is 6.36 Å². The summed E-state index contributed by atoms with van der Waals surface area (Å²) in [7, 11) is 0. The van der Waals surface area contributed by atoms with Gasteiger partial charge in [-0.1, -0.05) is 12.1 Å². The second-order valence-electron chi connectivity index (χ2n) is 4.17. The van der Waals surface area contributed by atoms with Crippen molar-refractivity contribution in [1.82, 2.24) is 14.5 Å². The van der Waals surface area contributed by atoms with Crippen LogP contribution < -0.4 is 10.5 Å². The van der Waals surface area contributed by atoms with Gasteiger partial charge in [-0.2, -0.15) is 0 Å². The number of pyridine rings is 1. The highest BCUT2D eigenvalue weighted by molar-refractivity contribution is 5.77. The number of alkyl halides is 3. The smallest absolute Gasteiger partial charge is 0.404 e. The van der Waals surface area contributed by atoms with Crippen molar-refractivity contribution < 1.29 is 17.9 Å². The third-order valence-electron chi connectivity index (χ3n) is 2.77. The van der Waals surface area contributed by atoms with Crippen molar-refractivity contribution in [1.29, 1.82) is 0 Å². The number of para-hydroxylation sites is 2. The average Bonchev–Trinajstić information content (AvgIpc) is 2.73. The largest absolute Gasteiger partial charge is 0.573 e. The molecule has 0 fully saturated rings. The Hall–Kier alpha value is -2.77. The fraction of sp³-hybridized carbons (Fsp3) is 0.0769. The molecule has 8 heteroatoms. The van der Waals surface area contributed by atoms with Crippen molar-refractivity contribution >= 4 is 17.1 Å². The number of hydrogen-bond acceptors (Lipinski definition) is 4. The van der Waals surface area contributed by atoms with E-state index in [1.54, 1.807) is 18.2 Å². The molecule has 1 aromatic carbocycles. The summed E-state index contributed by atoms with van der Waals surface area (Å²) in [5.74, 6) is -0.344. The molecule has 0 bridgehead atoms. The van der Waals surface area contributed by atoms with Crippen molar-refractivity contribution in [2.24, 2.45) is 0 Å². The minimum absolute atomic E-state index is 0.0296. The van der Waals surface area contributed by atoms with E-state index in [2.05, 4.69) is 14.7 Å². The van der Waals surface area contributed by atoms with Crippen LogP contribution in [-0.2, 0) is 0 Å². The fourth-order valence-electron chi connectivity index (χ4n) is 2.02. The maximum atomic E-state index is 12.5. The number of benzene rings is 1. The average molecular weight is 294 g/mol. The van der Waals surface area contributed by atoms with Gasteiger partial charge in [-0.3, -0.25) is 4.57 Å². The predicted octanol–water partition coefficient (Wildman–Crippen LogP) is 2.90. The van der Waals surface area contributed by atoms with Crippen molar-refractivity contribution in [2.45, 2.75) is 6.36 Å². The van der Waals surface area contributed by atoms with Gasteiger partial charge in [-0.05, 0) is 24.3 Å². The summed E-state index contributed by atoms with van der Waals surface area (Å²) in [4.78, 5) is 8.17. The Labute approximate surface area is 116 Å². The van der Waals surface area contributed by atoms with E-state index in [0.29, 0.717) is 11.2 Å². The van der Waals surface area contributed by atoms with Crippen LogP contribution in [0.4, 0.5) is 19.1 Å². The van der Waals surface area contributed by atoms with Gasteiger partial charge in [0.25, 0.3) is 0 Å². The highest BCUT2D eigenvalue weighted by Crippen LogP contribution is 2.32. The van der Waals surface area contributed by atoms with Crippen LogP contribution in [0.2, 0.25) is 0 Å². The molecular weight excluding hydrogens is 285 g/mol. The SMILES string of the molecule is Nc1nc2cccnc2n1-c1ccccc1OC(F)(F)F. The zero-order valence-electron chi connectivity index (χ0n) is 10.5. The molecule has 0 saturated heterocycles. The van der Waals surface area contributed by atoms with E-state index < -0.39 is 6.36 Å². The topological polar surface area (TPSA) is 66.0 Å². The molecule has 0 atom stereocenters. The third kappa shape index (κ3) is 2.47. The number of nitrogens with zero attached hydrogens (tertiary/aromatic N) is 3. The number of imidazole rings is 1. The first-order valence-electron chi connectivity index (χ1n) is 5.90. The van der Waals surface area contributed by atoms with Crippen molar-refractivity contribution in [3.63, 3.8) is 0 Å². The van der Waals surface area contributed by atoms with E-state index in [0.717, 1.165) is 0 Å². The van der Waals surface area contributed by atoms with E-state index in [1.807, 2.05) is 0 Å². The van der Waals surface area contributed by atoms with Crippen molar-refractivity contribution in [3.8, 4) is 11.4 Å². The maximum Gasteiger partial charge on any atom is 0.573 e. The third-order valence-corrected chi connectivity index (χ3v) is 2.77. The summed E-state index contributed by atoms with van der Waals surface area (Å²) in [6.07, 6.45) is -3.29. The van der Waals surface area contributed by atoms with Gasteiger partial charge in [0, 0.05) is 6.20 Å². The fourth-order valence-corrected chi connectivity index (χ4v) is 2.02. The second kappa shape index (κ2) is 4.65. The van der Waals surface area contributed by atoms with Crippen LogP contribution in [0.5, 0.6) is 5.75 Å². The maximum absolute atomic E-state index is 12.5. The summed E-state index contributed by atoms with van der Waals surface area (Å²) in [5.41, 5.74) is 6.75. The van der Waals surface area contributed by atoms with E-state index in [4.69, 9.17) is 5.73 Å². The number of nitrogen functional groups attached to an aromatic ring is 1. The first-order valence-corrected chi connectivity index (χ1v) is 5.90.